The third-order valence-electron chi connectivity index (χ3n) is 4.26. The number of carbonyl (C=O) groups is 1. The first-order valence-corrected chi connectivity index (χ1v) is 8.93. The molecule has 1 aliphatic rings. The number of carbonyl (C=O) groups excluding carboxylic acids is 1. The Balaban J connectivity index is 1.50. The Labute approximate surface area is 151 Å². The van der Waals surface area contributed by atoms with Gasteiger partial charge in [-0.25, -0.2) is 13.8 Å². The Morgan fingerprint density at radius 1 is 1.35 bits per heavy atom. The summed E-state index contributed by atoms with van der Waals surface area (Å²) in [5.41, 5.74) is 0.724. The van der Waals surface area contributed by atoms with Gasteiger partial charge in [-0.15, -0.1) is 10.2 Å². The minimum absolute atomic E-state index is 0.0701. The fourth-order valence-electron chi connectivity index (χ4n) is 3.02. The molecule has 0 bridgehead atoms. The second kappa shape index (κ2) is 6.56. The number of hydrogen-bond acceptors (Lipinski definition) is 5. The van der Waals surface area contributed by atoms with Crippen LogP contribution in [0.5, 0.6) is 0 Å². The smallest absolute Gasteiger partial charge is 0.282 e. The standard InChI is InChI=1S/C17H15F2N5OS/c1-9-22-23-17(26-9)16(25)20-11-3-5-15-21-14(8-24(15)7-11)12-4-2-10(18)6-13(12)19/h2,4,6,8,11H,3,5,7H2,1H3,(H,20,25). The van der Waals surface area contributed by atoms with Crippen molar-refractivity contribution in [3.8, 4) is 11.3 Å². The molecule has 0 saturated heterocycles. The monoisotopic (exact) mass is 375 g/mol. The molecular weight excluding hydrogens is 360 g/mol. The maximum atomic E-state index is 14.0. The van der Waals surface area contributed by atoms with Crippen molar-refractivity contribution in [3.05, 3.63) is 51.9 Å². The molecule has 4 rings (SSSR count). The third kappa shape index (κ3) is 3.22. The third-order valence-corrected chi connectivity index (χ3v) is 5.09. The van der Waals surface area contributed by atoms with Gasteiger partial charge in [0.05, 0.1) is 5.69 Å². The van der Waals surface area contributed by atoms with Crippen molar-refractivity contribution in [2.45, 2.75) is 32.4 Å². The molecule has 1 N–H and O–H groups in total. The minimum atomic E-state index is -0.642. The van der Waals surface area contributed by atoms with Gasteiger partial charge in [-0.2, -0.15) is 0 Å². The second-order valence-corrected chi connectivity index (χ2v) is 7.34. The van der Waals surface area contributed by atoms with Crippen molar-refractivity contribution in [2.75, 3.05) is 0 Å². The van der Waals surface area contributed by atoms with E-state index in [1.54, 1.807) is 13.1 Å². The van der Waals surface area contributed by atoms with Crippen LogP contribution in [0.1, 0.15) is 27.1 Å². The molecule has 3 heterocycles. The molecule has 3 aromatic rings. The van der Waals surface area contributed by atoms with E-state index in [4.69, 9.17) is 0 Å². The Morgan fingerprint density at radius 3 is 2.92 bits per heavy atom. The van der Waals surface area contributed by atoms with Crippen molar-refractivity contribution in [1.82, 2.24) is 25.1 Å². The number of imidazole rings is 1. The fourth-order valence-corrected chi connectivity index (χ4v) is 3.62. The number of aromatic nitrogens is 4. The summed E-state index contributed by atoms with van der Waals surface area (Å²) in [7, 11) is 0. The fraction of sp³-hybridized carbons (Fsp3) is 0.294. The van der Waals surface area contributed by atoms with Gasteiger partial charge in [0.15, 0.2) is 0 Å². The van der Waals surface area contributed by atoms with Gasteiger partial charge in [0.2, 0.25) is 5.01 Å². The molecular formula is C17H15F2N5OS. The number of halogens is 2. The number of rotatable bonds is 3. The van der Waals surface area contributed by atoms with E-state index in [2.05, 4.69) is 20.5 Å². The van der Waals surface area contributed by atoms with Crippen molar-refractivity contribution < 1.29 is 13.6 Å². The maximum absolute atomic E-state index is 14.0. The van der Waals surface area contributed by atoms with E-state index in [-0.39, 0.29) is 17.5 Å². The average molecular weight is 375 g/mol. The Morgan fingerprint density at radius 2 is 2.19 bits per heavy atom. The van der Waals surface area contributed by atoms with Crippen LogP contribution in [0.2, 0.25) is 0 Å². The van der Waals surface area contributed by atoms with Crippen LogP contribution in [0.15, 0.2) is 24.4 Å². The number of hydrogen-bond donors (Lipinski definition) is 1. The van der Waals surface area contributed by atoms with Crippen LogP contribution in [-0.2, 0) is 13.0 Å². The van der Waals surface area contributed by atoms with Crippen LogP contribution >= 0.6 is 11.3 Å². The van der Waals surface area contributed by atoms with E-state index in [1.165, 1.54) is 23.5 Å². The van der Waals surface area contributed by atoms with Gasteiger partial charge >= 0.3 is 0 Å². The predicted octanol–water partition coefficient (Wildman–Crippen LogP) is 2.73. The van der Waals surface area contributed by atoms with E-state index < -0.39 is 11.6 Å². The zero-order chi connectivity index (χ0) is 18.3. The summed E-state index contributed by atoms with van der Waals surface area (Å²) in [5.74, 6) is -0.684. The number of nitrogens with one attached hydrogen (secondary N) is 1. The summed E-state index contributed by atoms with van der Waals surface area (Å²) >= 11 is 1.25. The van der Waals surface area contributed by atoms with Gasteiger partial charge in [0.1, 0.15) is 22.5 Å². The number of amides is 1. The minimum Gasteiger partial charge on any atom is -0.345 e. The number of nitrogens with zero attached hydrogens (tertiary/aromatic N) is 4. The zero-order valence-electron chi connectivity index (χ0n) is 13.9. The van der Waals surface area contributed by atoms with Crippen LogP contribution < -0.4 is 5.32 Å². The quantitative estimate of drug-likeness (QED) is 0.764. The van der Waals surface area contributed by atoms with Crippen molar-refractivity contribution in [2.24, 2.45) is 0 Å². The topological polar surface area (TPSA) is 72.7 Å². The van der Waals surface area contributed by atoms with Gasteiger partial charge in [-0.3, -0.25) is 4.79 Å². The highest BCUT2D eigenvalue weighted by Gasteiger charge is 2.24. The lowest BCUT2D eigenvalue weighted by atomic mass is 10.1. The molecule has 9 heteroatoms. The molecule has 0 aliphatic carbocycles. The highest BCUT2D eigenvalue weighted by Crippen LogP contribution is 2.25. The van der Waals surface area contributed by atoms with Gasteiger partial charge in [0, 0.05) is 36.8 Å². The van der Waals surface area contributed by atoms with Gasteiger partial charge in [-0.05, 0) is 25.5 Å². The summed E-state index contributed by atoms with van der Waals surface area (Å²) in [5, 5.41) is 11.7. The summed E-state index contributed by atoms with van der Waals surface area (Å²) in [6, 6.07) is 3.38. The van der Waals surface area contributed by atoms with E-state index in [1.807, 2.05) is 4.57 Å². The van der Waals surface area contributed by atoms with E-state index in [0.29, 0.717) is 23.7 Å². The molecule has 6 nitrogen and oxygen atoms in total. The summed E-state index contributed by atoms with van der Waals surface area (Å²) in [6.07, 6.45) is 3.12. The first-order chi connectivity index (χ1) is 12.5. The Bertz CT molecular complexity index is 983. The summed E-state index contributed by atoms with van der Waals surface area (Å²) in [6.45, 7) is 2.33. The molecule has 26 heavy (non-hydrogen) atoms. The van der Waals surface area contributed by atoms with Crippen molar-refractivity contribution in [3.63, 3.8) is 0 Å². The molecule has 134 valence electrons. The normalized spacial score (nSPS) is 16.3. The Hall–Kier alpha value is -2.68. The van der Waals surface area contributed by atoms with Crippen molar-refractivity contribution in [1.29, 1.82) is 0 Å². The lowest BCUT2D eigenvalue weighted by Gasteiger charge is -2.24. The van der Waals surface area contributed by atoms with Crippen LogP contribution in [0, 0.1) is 18.6 Å². The second-order valence-electron chi connectivity index (χ2n) is 6.15. The average Bonchev–Trinajstić information content (AvgIpc) is 3.20. The SMILES string of the molecule is Cc1nnc(C(=O)NC2CCc3nc(-c4ccc(F)cc4F)cn3C2)s1. The summed E-state index contributed by atoms with van der Waals surface area (Å²) < 4.78 is 29.0. The molecule has 0 saturated carbocycles. The largest absolute Gasteiger partial charge is 0.345 e. The number of benzene rings is 1. The molecule has 1 atom stereocenters. The highest BCUT2D eigenvalue weighted by molar-refractivity contribution is 7.13. The molecule has 2 aromatic heterocycles. The van der Waals surface area contributed by atoms with Crippen LogP contribution in [0.3, 0.4) is 0 Å². The van der Waals surface area contributed by atoms with Crippen LogP contribution in [0.4, 0.5) is 8.78 Å². The molecule has 1 unspecified atom stereocenters. The number of fused-ring (bicyclic) bond motifs is 1. The van der Waals surface area contributed by atoms with E-state index in [0.717, 1.165) is 23.3 Å². The Kier molecular flexibility index (Phi) is 4.23. The summed E-state index contributed by atoms with van der Waals surface area (Å²) in [4.78, 5) is 16.7. The molecule has 0 spiro atoms. The molecule has 1 aliphatic heterocycles. The molecule has 1 aromatic carbocycles. The van der Waals surface area contributed by atoms with E-state index in [9.17, 15) is 13.6 Å². The van der Waals surface area contributed by atoms with Gasteiger partial charge in [-0.1, -0.05) is 11.3 Å². The molecule has 1 amide bonds. The molecule has 0 fully saturated rings. The first kappa shape index (κ1) is 16.8. The zero-order valence-corrected chi connectivity index (χ0v) is 14.7. The van der Waals surface area contributed by atoms with Crippen molar-refractivity contribution >= 4 is 17.2 Å². The number of aryl methyl sites for hydroxylation is 2. The van der Waals surface area contributed by atoms with Crippen LogP contribution in [-0.4, -0.2) is 31.7 Å². The lowest BCUT2D eigenvalue weighted by Crippen LogP contribution is -2.40. The van der Waals surface area contributed by atoms with E-state index >= 15 is 0 Å². The lowest BCUT2D eigenvalue weighted by molar-refractivity contribution is 0.0926. The van der Waals surface area contributed by atoms with Crippen LogP contribution in [0.25, 0.3) is 11.3 Å². The van der Waals surface area contributed by atoms with Gasteiger partial charge in [0.25, 0.3) is 5.91 Å². The highest BCUT2D eigenvalue weighted by atomic mass is 32.1. The predicted molar refractivity (Wildman–Crippen MR) is 91.8 cm³/mol. The molecule has 0 radical (unpaired) electrons. The maximum Gasteiger partial charge on any atom is 0.282 e. The first-order valence-electron chi connectivity index (χ1n) is 8.12. The van der Waals surface area contributed by atoms with Gasteiger partial charge < -0.3 is 9.88 Å².